The molecule has 0 aliphatic heterocycles. The molecule has 0 unspecified atom stereocenters. The minimum absolute atomic E-state index is 0.104. The third kappa shape index (κ3) is 3.91. The Bertz CT molecular complexity index is 298. The van der Waals surface area contributed by atoms with Crippen LogP contribution in [0.4, 0.5) is 0 Å². The molecule has 1 rings (SSSR count). The van der Waals surface area contributed by atoms with Gasteiger partial charge in [0.05, 0.1) is 19.3 Å². The van der Waals surface area contributed by atoms with Gasteiger partial charge in [0.1, 0.15) is 0 Å². The molecule has 0 saturated carbocycles. The first-order chi connectivity index (χ1) is 6.72. The van der Waals surface area contributed by atoms with Crippen molar-refractivity contribution >= 4 is 11.6 Å². The fourth-order valence-corrected chi connectivity index (χ4v) is 1.16. The standard InChI is InChI=1S/C9H14ClN3O/c1-8(10)4-11-5-9-6-12-13(7-9)2-3-14/h6-7,11,14H,1-5H2. The first-order valence-corrected chi connectivity index (χ1v) is 4.76. The number of rotatable bonds is 6. The van der Waals surface area contributed by atoms with Gasteiger partial charge < -0.3 is 10.4 Å². The third-order valence-electron chi connectivity index (χ3n) is 1.66. The molecule has 0 aliphatic carbocycles. The topological polar surface area (TPSA) is 50.1 Å². The molecule has 0 aliphatic rings. The lowest BCUT2D eigenvalue weighted by Crippen LogP contribution is -2.14. The zero-order chi connectivity index (χ0) is 10.4. The maximum atomic E-state index is 8.67. The van der Waals surface area contributed by atoms with Crippen molar-refractivity contribution < 1.29 is 5.11 Å². The quantitative estimate of drug-likeness (QED) is 0.735. The average Bonchev–Trinajstić information content (AvgIpc) is 2.53. The van der Waals surface area contributed by atoms with E-state index in [-0.39, 0.29) is 6.61 Å². The zero-order valence-electron chi connectivity index (χ0n) is 7.91. The highest BCUT2D eigenvalue weighted by molar-refractivity contribution is 6.29. The minimum atomic E-state index is 0.104. The molecule has 0 spiro atoms. The van der Waals surface area contributed by atoms with Crippen molar-refractivity contribution in [1.82, 2.24) is 15.1 Å². The van der Waals surface area contributed by atoms with Crippen LogP contribution < -0.4 is 5.32 Å². The fourth-order valence-electron chi connectivity index (χ4n) is 1.06. The number of aliphatic hydroxyl groups excluding tert-OH is 1. The molecule has 2 N–H and O–H groups in total. The van der Waals surface area contributed by atoms with Gasteiger partial charge in [-0.15, -0.1) is 0 Å². The Hall–Kier alpha value is -0.840. The van der Waals surface area contributed by atoms with Gasteiger partial charge in [0, 0.05) is 29.9 Å². The monoisotopic (exact) mass is 215 g/mol. The highest BCUT2D eigenvalue weighted by Crippen LogP contribution is 1.98. The molecule has 5 heteroatoms. The minimum Gasteiger partial charge on any atom is -0.394 e. The zero-order valence-corrected chi connectivity index (χ0v) is 8.67. The molecule has 0 radical (unpaired) electrons. The first-order valence-electron chi connectivity index (χ1n) is 4.38. The number of halogens is 1. The predicted molar refractivity (Wildman–Crippen MR) is 56.0 cm³/mol. The van der Waals surface area contributed by atoms with Gasteiger partial charge in [-0.3, -0.25) is 4.68 Å². The van der Waals surface area contributed by atoms with E-state index in [0.29, 0.717) is 24.7 Å². The highest BCUT2D eigenvalue weighted by Gasteiger charge is 1.97. The molecular weight excluding hydrogens is 202 g/mol. The molecular formula is C9H14ClN3O. The average molecular weight is 216 g/mol. The van der Waals surface area contributed by atoms with Gasteiger partial charge in [-0.05, 0) is 0 Å². The van der Waals surface area contributed by atoms with Crippen molar-refractivity contribution in [1.29, 1.82) is 0 Å². The Kier molecular flexibility index (Phi) is 4.65. The summed E-state index contributed by atoms with van der Waals surface area (Å²) in [4.78, 5) is 0. The maximum Gasteiger partial charge on any atom is 0.0640 e. The summed E-state index contributed by atoms with van der Waals surface area (Å²) in [5.74, 6) is 0. The summed E-state index contributed by atoms with van der Waals surface area (Å²) < 4.78 is 1.70. The van der Waals surface area contributed by atoms with Gasteiger partial charge in [-0.25, -0.2) is 0 Å². The van der Waals surface area contributed by atoms with Gasteiger partial charge >= 0.3 is 0 Å². The number of aliphatic hydroxyl groups is 1. The second-order valence-electron chi connectivity index (χ2n) is 2.96. The van der Waals surface area contributed by atoms with Crippen molar-refractivity contribution in [3.63, 3.8) is 0 Å². The summed E-state index contributed by atoms with van der Waals surface area (Å²) in [6.07, 6.45) is 3.65. The molecule has 1 aromatic heterocycles. The Morgan fingerprint density at radius 3 is 3.14 bits per heavy atom. The Labute approximate surface area is 88.2 Å². The van der Waals surface area contributed by atoms with Gasteiger partial charge in [-0.1, -0.05) is 18.2 Å². The summed E-state index contributed by atoms with van der Waals surface area (Å²) in [7, 11) is 0. The van der Waals surface area contributed by atoms with E-state index in [4.69, 9.17) is 16.7 Å². The van der Waals surface area contributed by atoms with E-state index in [1.165, 1.54) is 0 Å². The van der Waals surface area contributed by atoms with Crippen molar-refractivity contribution in [3.8, 4) is 0 Å². The molecule has 0 bridgehead atoms. The van der Waals surface area contributed by atoms with Crippen LogP contribution in [0.15, 0.2) is 24.0 Å². The van der Waals surface area contributed by atoms with Crippen molar-refractivity contribution in [2.24, 2.45) is 0 Å². The van der Waals surface area contributed by atoms with E-state index >= 15 is 0 Å². The van der Waals surface area contributed by atoms with Crippen LogP contribution in [0.5, 0.6) is 0 Å². The van der Waals surface area contributed by atoms with Crippen LogP contribution in [-0.2, 0) is 13.1 Å². The summed E-state index contributed by atoms with van der Waals surface area (Å²) in [5, 5.41) is 16.4. The number of hydrogen-bond acceptors (Lipinski definition) is 3. The molecule has 0 aromatic carbocycles. The summed E-state index contributed by atoms with van der Waals surface area (Å²) in [6, 6.07) is 0. The lowest BCUT2D eigenvalue weighted by Gasteiger charge is -1.99. The SMILES string of the molecule is C=C(Cl)CNCc1cnn(CCO)c1. The maximum absolute atomic E-state index is 8.67. The smallest absolute Gasteiger partial charge is 0.0640 e. The fraction of sp³-hybridized carbons (Fsp3) is 0.444. The van der Waals surface area contributed by atoms with E-state index in [1.807, 2.05) is 6.20 Å². The van der Waals surface area contributed by atoms with Crippen LogP contribution in [0, 0.1) is 0 Å². The molecule has 1 heterocycles. The van der Waals surface area contributed by atoms with E-state index in [9.17, 15) is 0 Å². The Morgan fingerprint density at radius 2 is 2.50 bits per heavy atom. The molecule has 0 atom stereocenters. The largest absolute Gasteiger partial charge is 0.394 e. The lowest BCUT2D eigenvalue weighted by molar-refractivity contribution is 0.269. The number of hydrogen-bond donors (Lipinski definition) is 2. The van der Waals surface area contributed by atoms with Gasteiger partial charge in [0.2, 0.25) is 0 Å². The molecule has 0 fully saturated rings. The molecule has 4 nitrogen and oxygen atoms in total. The normalized spacial score (nSPS) is 10.4. The van der Waals surface area contributed by atoms with E-state index in [2.05, 4.69) is 17.0 Å². The van der Waals surface area contributed by atoms with E-state index in [1.54, 1.807) is 10.9 Å². The molecule has 14 heavy (non-hydrogen) atoms. The molecule has 78 valence electrons. The van der Waals surface area contributed by atoms with Crippen molar-refractivity contribution in [2.75, 3.05) is 13.2 Å². The third-order valence-corrected chi connectivity index (χ3v) is 1.80. The lowest BCUT2D eigenvalue weighted by atomic mass is 10.3. The second-order valence-corrected chi connectivity index (χ2v) is 3.49. The van der Waals surface area contributed by atoms with Crippen LogP contribution in [0.3, 0.4) is 0 Å². The number of nitrogens with zero attached hydrogens (tertiary/aromatic N) is 2. The van der Waals surface area contributed by atoms with Crippen LogP contribution in [0.2, 0.25) is 0 Å². The van der Waals surface area contributed by atoms with E-state index in [0.717, 1.165) is 5.56 Å². The molecule has 0 saturated heterocycles. The Morgan fingerprint density at radius 1 is 1.71 bits per heavy atom. The summed E-state index contributed by atoms with van der Waals surface area (Å²) in [6.45, 7) is 5.50. The van der Waals surface area contributed by atoms with Gasteiger partial charge in [-0.2, -0.15) is 5.10 Å². The molecule has 0 amide bonds. The summed E-state index contributed by atoms with van der Waals surface area (Å²) in [5.41, 5.74) is 1.07. The number of aromatic nitrogens is 2. The summed E-state index contributed by atoms with van der Waals surface area (Å²) >= 11 is 5.59. The highest BCUT2D eigenvalue weighted by atomic mass is 35.5. The number of nitrogens with one attached hydrogen (secondary N) is 1. The van der Waals surface area contributed by atoms with E-state index < -0.39 is 0 Å². The van der Waals surface area contributed by atoms with Crippen LogP contribution >= 0.6 is 11.6 Å². The predicted octanol–water partition coefficient (Wildman–Crippen LogP) is 0.718. The second kappa shape index (κ2) is 5.80. The van der Waals surface area contributed by atoms with Gasteiger partial charge in [0.25, 0.3) is 0 Å². The van der Waals surface area contributed by atoms with Crippen LogP contribution in [-0.4, -0.2) is 28.0 Å². The first kappa shape index (κ1) is 11.2. The molecule has 1 aromatic rings. The van der Waals surface area contributed by atoms with Crippen molar-refractivity contribution in [3.05, 3.63) is 29.6 Å². The van der Waals surface area contributed by atoms with Crippen LogP contribution in [0.25, 0.3) is 0 Å². The van der Waals surface area contributed by atoms with Crippen LogP contribution in [0.1, 0.15) is 5.56 Å². The Balaban J connectivity index is 2.32. The van der Waals surface area contributed by atoms with Gasteiger partial charge in [0.15, 0.2) is 0 Å². The van der Waals surface area contributed by atoms with Crippen molar-refractivity contribution in [2.45, 2.75) is 13.1 Å².